The molecule has 2 nitrogen and oxygen atoms in total. The number of rotatable bonds is 3. The zero-order valence-electron chi connectivity index (χ0n) is 8.66. The molecular weight excluding hydrogens is 210 g/mol. The third kappa shape index (κ3) is 2.00. The fourth-order valence-corrected chi connectivity index (χ4v) is 1.95. The molecule has 1 aliphatic carbocycles. The Balaban J connectivity index is 2.01. The minimum absolute atomic E-state index is 0.0341. The van der Waals surface area contributed by atoms with Gasteiger partial charge in [0.25, 0.3) is 0 Å². The van der Waals surface area contributed by atoms with Crippen molar-refractivity contribution in [2.45, 2.75) is 25.3 Å². The maximum absolute atomic E-state index is 11.8. The number of nitrogens with one attached hydrogen (secondary N) is 1. The van der Waals surface area contributed by atoms with Crippen LogP contribution in [0.3, 0.4) is 0 Å². The Morgan fingerprint density at radius 1 is 1.60 bits per heavy atom. The van der Waals surface area contributed by atoms with Gasteiger partial charge in [0.05, 0.1) is 5.92 Å². The molecule has 0 saturated carbocycles. The van der Waals surface area contributed by atoms with Gasteiger partial charge in [0.1, 0.15) is 0 Å². The van der Waals surface area contributed by atoms with Crippen LogP contribution >= 0.6 is 11.6 Å². The second-order valence-corrected chi connectivity index (χ2v) is 4.33. The molecule has 0 aliphatic heterocycles. The van der Waals surface area contributed by atoms with Crippen LogP contribution in [0.15, 0.2) is 24.3 Å². The van der Waals surface area contributed by atoms with E-state index in [1.807, 2.05) is 25.1 Å². The van der Waals surface area contributed by atoms with E-state index in [0.29, 0.717) is 5.88 Å². The lowest BCUT2D eigenvalue weighted by Crippen LogP contribution is -2.40. The standard InChI is InChI=1S/C12H14ClNO/c1-8(7-13)14-12(15)11-6-9-4-2-3-5-10(9)11/h2-5,8,11H,6-7H2,1H3,(H,14,15). The lowest BCUT2D eigenvalue weighted by Gasteiger charge is -2.29. The number of benzene rings is 1. The zero-order valence-corrected chi connectivity index (χ0v) is 9.42. The number of alkyl halides is 1. The first kappa shape index (κ1) is 10.5. The highest BCUT2D eigenvalue weighted by atomic mass is 35.5. The number of carbonyl (C=O) groups excluding carboxylic acids is 1. The highest BCUT2D eigenvalue weighted by Crippen LogP contribution is 2.34. The van der Waals surface area contributed by atoms with Crippen LogP contribution in [0, 0.1) is 0 Å². The third-order valence-corrected chi connectivity index (χ3v) is 3.25. The van der Waals surface area contributed by atoms with Crippen molar-refractivity contribution in [3.05, 3.63) is 35.4 Å². The van der Waals surface area contributed by atoms with Gasteiger partial charge in [0.15, 0.2) is 0 Å². The van der Waals surface area contributed by atoms with E-state index < -0.39 is 0 Å². The van der Waals surface area contributed by atoms with Gasteiger partial charge < -0.3 is 5.32 Å². The summed E-state index contributed by atoms with van der Waals surface area (Å²) in [6, 6.07) is 8.13. The topological polar surface area (TPSA) is 29.1 Å². The molecule has 0 heterocycles. The number of halogens is 1. The second kappa shape index (κ2) is 4.23. The summed E-state index contributed by atoms with van der Waals surface area (Å²) < 4.78 is 0. The molecule has 15 heavy (non-hydrogen) atoms. The Hall–Kier alpha value is -1.02. The molecule has 2 rings (SSSR count). The third-order valence-electron chi connectivity index (χ3n) is 2.79. The van der Waals surface area contributed by atoms with Gasteiger partial charge in [-0.3, -0.25) is 4.79 Å². The van der Waals surface area contributed by atoms with E-state index in [2.05, 4.69) is 11.4 Å². The van der Waals surface area contributed by atoms with Crippen molar-refractivity contribution in [2.75, 3.05) is 5.88 Å². The predicted molar refractivity (Wildman–Crippen MR) is 61.2 cm³/mol. The summed E-state index contributed by atoms with van der Waals surface area (Å²) in [5.41, 5.74) is 2.45. The van der Waals surface area contributed by atoms with Gasteiger partial charge in [-0.15, -0.1) is 11.6 Å². The smallest absolute Gasteiger partial charge is 0.228 e. The molecular formula is C12H14ClNO. The molecule has 80 valence electrons. The maximum Gasteiger partial charge on any atom is 0.228 e. The number of hydrogen-bond acceptors (Lipinski definition) is 1. The van der Waals surface area contributed by atoms with E-state index in [-0.39, 0.29) is 17.9 Å². The second-order valence-electron chi connectivity index (χ2n) is 4.02. The molecule has 1 aromatic rings. The molecule has 2 unspecified atom stereocenters. The summed E-state index contributed by atoms with van der Waals surface area (Å²) in [5.74, 6) is 0.592. The van der Waals surface area contributed by atoms with Crippen LogP contribution in [0.5, 0.6) is 0 Å². The lowest BCUT2D eigenvalue weighted by molar-refractivity contribution is -0.123. The summed E-state index contributed by atoms with van der Waals surface area (Å²) in [4.78, 5) is 11.8. The number of fused-ring (bicyclic) bond motifs is 1. The molecule has 0 spiro atoms. The zero-order chi connectivity index (χ0) is 10.8. The lowest BCUT2D eigenvalue weighted by atomic mass is 9.77. The van der Waals surface area contributed by atoms with Crippen molar-refractivity contribution >= 4 is 17.5 Å². The van der Waals surface area contributed by atoms with Crippen LogP contribution < -0.4 is 5.32 Å². The summed E-state index contributed by atoms with van der Waals surface area (Å²) in [6.07, 6.45) is 0.858. The first-order valence-electron chi connectivity index (χ1n) is 5.16. The fourth-order valence-electron chi connectivity index (χ4n) is 1.87. The Bertz CT molecular complexity index is 378. The van der Waals surface area contributed by atoms with Gasteiger partial charge in [-0.05, 0) is 24.5 Å². The van der Waals surface area contributed by atoms with Crippen molar-refractivity contribution in [3.63, 3.8) is 0 Å². The molecule has 3 heteroatoms. The Morgan fingerprint density at radius 3 is 3.00 bits per heavy atom. The van der Waals surface area contributed by atoms with Crippen LogP contribution in [0.2, 0.25) is 0 Å². The number of amides is 1. The van der Waals surface area contributed by atoms with Crippen molar-refractivity contribution in [3.8, 4) is 0 Å². The van der Waals surface area contributed by atoms with Crippen molar-refractivity contribution in [1.82, 2.24) is 5.32 Å². The van der Waals surface area contributed by atoms with Crippen molar-refractivity contribution in [2.24, 2.45) is 0 Å². The molecule has 1 aliphatic rings. The Morgan fingerprint density at radius 2 is 2.33 bits per heavy atom. The van der Waals surface area contributed by atoms with E-state index in [1.165, 1.54) is 5.56 Å². The quantitative estimate of drug-likeness (QED) is 0.781. The first-order chi connectivity index (χ1) is 7.22. The van der Waals surface area contributed by atoms with Gasteiger partial charge in [-0.25, -0.2) is 0 Å². The summed E-state index contributed by atoms with van der Waals surface area (Å²) >= 11 is 5.65. The van der Waals surface area contributed by atoms with E-state index in [9.17, 15) is 4.79 Å². The van der Waals surface area contributed by atoms with Crippen LogP contribution in [0.1, 0.15) is 24.0 Å². The van der Waals surface area contributed by atoms with Crippen LogP contribution in [-0.2, 0) is 11.2 Å². The van der Waals surface area contributed by atoms with E-state index >= 15 is 0 Å². The van der Waals surface area contributed by atoms with E-state index in [0.717, 1.165) is 12.0 Å². The molecule has 0 bridgehead atoms. The Kier molecular flexibility index (Phi) is 2.96. The predicted octanol–water partition coefficient (Wildman–Crippen LogP) is 2.07. The van der Waals surface area contributed by atoms with Crippen molar-refractivity contribution < 1.29 is 4.79 Å². The normalized spacial score (nSPS) is 20.0. The van der Waals surface area contributed by atoms with Crippen molar-refractivity contribution in [1.29, 1.82) is 0 Å². The number of hydrogen-bond donors (Lipinski definition) is 1. The minimum atomic E-state index is 0.0341. The fraction of sp³-hybridized carbons (Fsp3) is 0.417. The molecule has 1 N–H and O–H groups in total. The SMILES string of the molecule is CC(CCl)NC(=O)C1Cc2ccccc21. The molecule has 0 saturated heterocycles. The highest BCUT2D eigenvalue weighted by molar-refractivity contribution is 6.18. The van der Waals surface area contributed by atoms with E-state index in [1.54, 1.807) is 0 Å². The van der Waals surface area contributed by atoms with Crippen LogP contribution in [-0.4, -0.2) is 17.8 Å². The largest absolute Gasteiger partial charge is 0.352 e. The van der Waals surface area contributed by atoms with Gasteiger partial charge in [-0.1, -0.05) is 24.3 Å². The summed E-state index contributed by atoms with van der Waals surface area (Å²) in [7, 11) is 0. The minimum Gasteiger partial charge on any atom is -0.352 e. The molecule has 1 aromatic carbocycles. The van der Waals surface area contributed by atoms with Gasteiger partial charge in [-0.2, -0.15) is 0 Å². The molecule has 0 aromatic heterocycles. The maximum atomic E-state index is 11.8. The molecule has 1 amide bonds. The Labute approximate surface area is 94.6 Å². The van der Waals surface area contributed by atoms with E-state index in [4.69, 9.17) is 11.6 Å². The van der Waals surface area contributed by atoms with Gasteiger partial charge in [0, 0.05) is 11.9 Å². The van der Waals surface area contributed by atoms with Crippen LogP contribution in [0.4, 0.5) is 0 Å². The highest BCUT2D eigenvalue weighted by Gasteiger charge is 2.31. The van der Waals surface area contributed by atoms with Crippen LogP contribution in [0.25, 0.3) is 0 Å². The molecule has 0 radical (unpaired) electrons. The average molecular weight is 224 g/mol. The molecule has 0 fully saturated rings. The monoisotopic (exact) mass is 223 g/mol. The summed E-state index contributed by atoms with van der Waals surface area (Å²) in [5, 5.41) is 2.90. The summed E-state index contributed by atoms with van der Waals surface area (Å²) in [6.45, 7) is 1.91. The van der Waals surface area contributed by atoms with Gasteiger partial charge >= 0.3 is 0 Å². The first-order valence-corrected chi connectivity index (χ1v) is 5.70. The average Bonchev–Trinajstić information content (AvgIpc) is 2.19. The van der Waals surface area contributed by atoms with Gasteiger partial charge in [0.2, 0.25) is 5.91 Å². The molecule has 2 atom stereocenters. The number of carbonyl (C=O) groups is 1.